The van der Waals surface area contributed by atoms with Crippen molar-refractivity contribution < 1.29 is 0 Å². The normalized spacial score (nSPS) is 10.4. The van der Waals surface area contributed by atoms with E-state index in [0.29, 0.717) is 5.56 Å². The van der Waals surface area contributed by atoms with Gasteiger partial charge in [0.05, 0.1) is 17.1 Å². The maximum atomic E-state index is 8.82. The van der Waals surface area contributed by atoms with Gasteiger partial charge in [-0.3, -0.25) is 4.98 Å². The van der Waals surface area contributed by atoms with Crippen molar-refractivity contribution in [3.63, 3.8) is 0 Å². The Morgan fingerprint density at radius 3 is 2.82 bits per heavy atom. The summed E-state index contributed by atoms with van der Waals surface area (Å²) >= 11 is 0. The molecule has 2 rings (SSSR count). The predicted octanol–water partition coefficient (Wildman–Crippen LogP) is 3.84. The van der Waals surface area contributed by atoms with Gasteiger partial charge in [-0.2, -0.15) is 5.26 Å². The SMILES string of the molecule is CCCCCc1ccc2cc(C#N)ccc2n1. The maximum Gasteiger partial charge on any atom is 0.0991 e. The molecule has 1 heterocycles. The van der Waals surface area contributed by atoms with E-state index in [1.54, 1.807) is 0 Å². The van der Waals surface area contributed by atoms with E-state index < -0.39 is 0 Å². The van der Waals surface area contributed by atoms with Gasteiger partial charge in [0.25, 0.3) is 0 Å². The Kier molecular flexibility index (Phi) is 3.72. The third kappa shape index (κ3) is 2.82. The van der Waals surface area contributed by atoms with Crippen molar-refractivity contribution in [2.24, 2.45) is 0 Å². The molecule has 2 heteroatoms. The molecule has 0 amide bonds. The van der Waals surface area contributed by atoms with E-state index >= 15 is 0 Å². The number of nitrogens with zero attached hydrogens (tertiary/aromatic N) is 2. The molecule has 0 spiro atoms. The Hall–Kier alpha value is -1.88. The number of fused-ring (bicyclic) bond motifs is 1. The molecule has 2 nitrogen and oxygen atoms in total. The molecule has 0 bridgehead atoms. The van der Waals surface area contributed by atoms with Gasteiger partial charge in [0.15, 0.2) is 0 Å². The van der Waals surface area contributed by atoms with Crippen LogP contribution in [0.15, 0.2) is 30.3 Å². The van der Waals surface area contributed by atoms with Crippen molar-refractivity contribution >= 4 is 10.9 Å². The van der Waals surface area contributed by atoms with Crippen LogP contribution in [-0.4, -0.2) is 4.98 Å². The van der Waals surface area contributed by atoms with Gasteiger partial charge >= 0.3 is 0 Å². The number of unbranched alkanes of at least 4 members (excludes halogenated alkanes) is 2. The van der Waals surface area contributed by atoms with Crippen LogP contribution in [0.1, 0.15) is 37.4 Å². The van der Waals surface area contributed by atoms with Gasteiger partial charge in [-0.15, -0.1) is 0 Å². The summed E-state index contributed by atoms with van der Waals surface area (Å²) < 4.78 is 0. The van der Waals surface area contributed by atoms with Gasteiger partial charge in [0, 0.05) is 11.1 Å². The number of aromatic nitrogens is 1. The highest BCUT2D eigenvalue weighted by Crippen LogP contribution is 2.15. The van der Waals surface area contributed by atoms with Crippen molar-refractivity contribution in [1.29, 1.82) is 5.26 Å². The fourth-order valence-electron chi connectivity index (χ4n) is 1.93. The molecule has 0 aliphatic carbocycles. The fourth-order valence-corrected chi connectivity index (χ4v) is 1.93. The van der Waals surface area contributed by atoms with Crippen LogP contribution in [0.5, 0.6) is 0 Å². The first-order valence-electron chi connectivity index (χ1n) is 6.13. The van der Waals surface area contributed by atoms with Crippen molar-refractivity contribution in [2.75, 3.05) is 0 Å². The van der Waals surface area contributed by atoms with Crippen LogP contribution in [0.4, 0.5) is 0 Å². The summed E-state index contributed by atoms with van der Waals surface area (Å²) in [5, 5.41) is 9.87. The summed E-state index contributed by atoms with van der Waals surface area (Å²) in [5.41, 5.74) is 2.83. The van der Waals surface area contributed by atoms with Crippen LogP contribution in [0.25, 0.3) is 10.9 Å². The van der Waals surface area contributed by atoms with Crippen molar-refractivity contribution in [1.82, 2.24) is 4.98 Å². The lowest BCUT2D eigenvalue weighted by atomic mass is 10.1. The maximum absolute atomic E-state index is 8.82. The van der Waals surface area contributed by atoms with Crippen molar-refractivity contribution in [3.8, 4) is 6.07 Å². The third-order valence-corrected chi connectivity index (χ3v) is 2.91. The highest BCUT2D eigenvalue weighted by Gasteiger charge is 2.00. The smallest absolute Gasteiger partial charge is 0.0991 e. The summed E-state index contributed by atoms with van der Waals surface area (Å²) in [5.74, 6) is 0. The van der Waals surface area contributed by atoms with Gasteiger partial charge in [0.1, 0.15) is 0 Å². The molecule has 0 saturated carbocycles. The first kappa shape index (κ1) is 11.6. The lowest BCUT2D eigenvalue weighted by Crippen LogP contribution is -1.91. The van der Waals surface area contributed by atoms with E-state index in [0.717, 1.165) is 23.0 Å². The quantitative estimate of drug-likeness (QED) is 0.740. The molecule has 86 valence electrons. The second kappa shape index (κ2) is 5.45. The zero-order valence-electron chi connectivity index (χ0n) is 10.1. The molecule has 0 atom stereocenters. The number of benzene rings is 1. The summed E-state index contributed by atoms with van der Waals surface area (Å²) in [6.07, 6.45) is 4.74. The summed E-state index contributed by atoms with van der Waals surface area (Å²) in [6.45, 7) is 2.21. The number of hydrogen-bond acceptors (Lipinski definition) is 2. The summed E-state index contributed by atoms with van der Waals surface area (Å²) in [6, 6.07) is 11.9. The van der Waals surface area contributed by atoms with Gasteiger partial charge in [0.2, 0.25) is 0 Å². The Morgan fingerprint density at radius 1 is 1.18 bits per heavy atom. The number of hydrogen-bond donors (Lipinski definition) is 0. The molecule has 1 aromatic carbocycles. The fraction of sp³-hybridized carbons (Fsp3) is 0.333. The highest BCUT2D eigenvalue weighted by atomic mass is 14.7. The average Bonchev–Trinajstić information content (AvgIpc) is 2.38. The molecule has 0 fully saturated rings. The van der Waals surface area contributed by atoms with Crippen molar-refractivity contribution in [3.05, 3.63) is 41.6 Å². The molecule has 0 N–H and O–H groups in total. The second-order valence-corrected chi connectivity index (χ2v) is 4.28. The van der Waals surface area contributed by atoms with Crippen LogP contribution >= 0.6 is 0 Å². The third-order valence-electron chi connectivity index (χ3n) is 2.91. The molecular formula is C15H16N2. The number of aryl methyl sites for hydroxylation is 1. The van der Waals surface area contributed by atoms with E-state index in [1.165, 1.54) is 19.3 Å². The van der Waals surface area contributed by atoms with Gasteiger partial charge < -0.3 is 0 Å². The molecule has 0 saturated heterocycles. The highest BCUT2D eigenvalue weighted by molar-refractivity contribution is 5.80. The Balaban J connectivity index is 2.23. The minimum Gasteiger partial charge on any atom is -0.253 e. The van der Waals surface area contributed by atoms with Crippen molar-refractivity contribution in [2.45, 2.75) is 32.6 Å². The van der Waals surface area contributed by atoms with Gasteiger partial charge in [-0.05, 0) is 37.1 Å². The predicted molar refractivity (Wildman–Crippen MR) is 69.7 cm³/mol. The van der Waals surface area contributed by atoms with E-state index in [1.807, 2.05) is 18.2 Å². The van der Waals surface area contributed by atoms with Crippen LogP contribution in [0.3, 0.4) is 0 Å². The number of rotatable bonds is 4. The minimum absolute atomic E-state index is 0.693. The first-order valence-corrected chi connectivity index (χ1v) is 6.13. The molecule has 0 radical (unpaired) electrons. The molecular weight excluding hydrogens is 208 g/mol. The topological polar surface area (TPSA) is 36.7 Å². The lowest BCUT2D eigenvalue weighted by molar-refractivity contribution is 0.709. The van der Waals surface area contributed by atoms with Crippen LogP contribution < -0.4 is 0 Å². The molecule has 0 aliphatic rings. The molecule has 0 unspecified atom stereocenters. The zero-order chi connectivity index (χ0) is 12.1. The molecule has 17 heavy (non-hydrogen) atoms. The van der Waals surface area contributed by atoms with Gasteiger partial charge in [-0.1, -0.05) is 25.8 Å². The Morgan fingerprint density at radius 2 is 2.06 bits per heavy atom. The van der Waals surface area contributed by atoms with E-state index in [4.69, 9.17) is 5.26 Å². The first-order chi connectivity index (χ1) is 8.33. The van der Waals surface area contributed by atoms with Crippen LogP contribution in [0, 0.1) is 11.3 Å². The van der Waals surface area contributed by atoms with Crippen LogP contribution in [-0.2, 0) is 6.42 Å². The van der Waals surface area contributed by atoms with E-state index in [-0.39, 0.29) is 0 Å². The molecule has 1 aromatic heterocycles. The second-order valence-electron chi connectivity index (χ2n) is 4.28. The largest absolute Gasteiger partial charge is 0.253 e. The van der Waals surface area contributed by atoms with Crippen LogP contribution in [0.2, 0.25) is 0 Å². The molecule has 0 aliphatic heterocycles. The average molecular weight is 224 g/mol. The zero-order valence-corrected chi connectivity index (χ0v) is 10.1. The minimum atomic E-state index is 0.693. The Bertz CT molecular complexity index is 552. The monoisotopic (exact) mass is 224 g/mol. The number of nitriles is 1. The van der Waals surface area contributed by atoms with E-state index in [2.05, 4.69) is 30.1 Å². The van der Waals surface area contributed by atoms with E-state index in [9.17, 15) is 0 Å². The Labute approximate surface area is 102 Å². The number of pyridine rings is 1. The summed E-state index contributed by atoms with van der Waals surface area (Å²) in [7, 11) is 0. The standard InChI is InChI=1S/C15H16N2/c1-2-3-4-5-14-8-7-13-10-12(11-16)6-9-15(13)17-14/h6-10H,2-5H2,1H3. The summed E-state index contributed by atoms with van der Waals surface area (Å²) in [4.78, 5) is 4.61. The lowest BCUT2D eigenvalue weighted by Gasteiger charge is -2.03. The van der Waals surface area contributed by atoms with Gasteiger partial charge in [-0.25, -0.2) is 0 Å². The molecule has 2 aromatic rings.